The number of carboxylic acid groups (broad SMARTS) is 1. The molecule has 0 saturated carbocycles. The molecule has 5 nitrogen and oxygen atoms in total. The monoisotopic (exact) mass is 419 g/mol. The van der Waals surface area contributed by atoms with E-state index in [0.717, 1.165) is 12.2 Å². The van der Waals surface area contributed by atoms with E-state index in [4.69, 9.17) is 5.11 Å². The van der Waals surface area contributed by atoms with Crippen LogP contribution in [0.3, 0.4) is 0 Å². The summed E-state index contributed by atoms with van der Waals surface area (Å²) in [4.78, 5) is 15.5. The SMILES string of the molecule is C/C(=N\N1CN=C(C2=CC=C(C(F)(F)F)C=CC2)C=C1c1ccccc1F)C(=O)O. The fourth-order valence-corrected chi connectivity index (χ4v) is 2.86. The normalized spacial score (nSPS) is 17.6. The maximum atomic E-state index is 14.4. The lowest BCUT2D eigenvalue weighted by Gasteiger charge is -2.26. The molecule has 0 fully saturated rings. The number of allylic oxidation sites excluding steroid dienone is 7. The average molecular weight is 419 g/mol. The van der Waals surface area contributed by atoms with Gasteiger partial charge in [-0.15, -0.1) is 0 Å². The number of hydrogen-bond donors (Lipinski definition) is 1. The zero-order valence-corrected chi connectivity index (χ0v) is 15.8. The second-order valence-corrected chi connectivity index (χ2v) is 6.50. The second kappa shape index (κ2) is 8.48. The van der Waals surface area contributed by atoms with E-state index in [1.807, 2.05) is 0 Å². The van der Waals surface area contributed by atoms with Crippen LogP contribution in [0.2, 0.25) is 0 Å². The van der Waals surface area contributed by atoms with Crippen molar-refractivity contribution in [2.24, 2.45) is 10.1 Å². The zero-order valence-electron chi connectivity index (χ0n) is 15.8. The Morgan fingerprint density at radius 2 is 1.97 bits per heavy atom. The van der Waals surface area contributed by atoms with E-state index in [1.165, 1.54) is 48.4 Å². The molecular weight excluding hydrogens is 402 g/mol. The molecule has 0 saturated heterocycles. The minimum absolute atomic E-state index is 0.114. The van der Waals surface area contributed by atoms with Crippen LogP contribution < -0.4 is 0 Å². The lowest BCUT2D eigenvalue weighted by Crippen LogP contribution is -2.26. The summed E-state index contributed by atoms with van der Waals surface area (Å²) in [5.41, 5.74) is 0.312. The molecule has 0 aromatic heterocycles. The van der Waals surface area contributed by atoms with Gasteiger partial charge < -0.3 is 5.11 Å². The smallest absolute Gasteiger partial charge is 0.416 e. The Labute approximate surface area is 169 Å². The van der Waals surface area contributed by atoms with E-state index in [-0.39, 0.29) is 30.1 Å². The Morgan fingerprint density at radius 1 is 1.23 bits per heavy atom. The molecule has 0 radical (unpaired) electrons. The minimum Gasteiger partial charge on any atom is -0.477 e. The van der Waals surface area contributed by atoms with E-state index in [2.05, 4.69) is 10.1 Å². The number of aliphatic carboxylic acids is 1. The quantitative estimate of drug-likeness (QED) is 0.568. The van der Waals surface area contributed by atoms with Crippen LogP contribution in [-0.2, 0) is 4.79 Å². The lowest BCUT2D eigenvalue weighted by atomic mass is 10.0. The summed E-state index contributed by atoms with van der Waals surface area (Å²) in [6.45, 7) is 1.18. The van der Waals surface area contributed by atoms with Crippen molar-refractivity contribution in [2.75, 3.05) is 6.67 Å². The van der Waals surface area contributed by atoms with Crippen LogP contribution in [0.5, 0.6) is 0 Å². The van der Waals surface area contributed by atoms with Crippen LogP contribution >= 0.6 is 0 Å². The van der Waals surface area contributed by atoms with Crippen molar-refractivity contribution in [3.8, 4) is 0 Å². The molecule has 156 valence electrons. The molecule has 0 spiro atoms. The molecule has 0 bridgehead atoms. The maximum Gasteiger partial charge on any atom is 0.416 e. The first-order chi connectivity index (χ1) is 14.2. The summed E-state index contributed by atoms with van der Waals surface area (Å²) in [6.07, 6.45) is 1.91. The van der Waals surface area contributed by atoms with Crippen molar-refractivity contribution >= 4 is 23.1 Å². The molecule has 9 heteroatoms. The number of nitrogens with zero attached hydrogens (tertiary/aromatic N) is 3. The van der Waals surface area contributed by atoms with Crippen molar-refractivity contribution in [2.45, 2.75) is 19.5 Å². The van der Waals surface area contributed by atoms with Crippen molar-refractivity contribution in [1.29, 1.82) is 0 Å². The molecule has 1 N–H and O–H groups in total. The van der Waals surface area contributed by atoms with Crippen molar-refractivity contribution in [1.82, 2.24) is 5.01 Å². The maximum absolute atomic E-state index is 14.4. The van der Waals surface area contributed by atoms with Gasteiger partial charge in [0.2, 0.25) is 0 Å². The molecule has 30 heavy (non-hydrogen) atoms. The fourth-order valence-electron chi connectivity index (χ4n) is 2.86. The third-order valence-electron chi connectivity index (χ3n) is 4.41. The fraction of sp³-hybridized carbons (Fsp3) is 0.190. The van der Waals surface area contributed by atoms with Gasteiger partial charge in [-0.25, -0.2) is 14.2 Å². The van der Waals surface area contributed by atoms with Gasteiger partial charge in [-0.2, -0.15) is 18.3 Å². The third kappa shape index (κ3) is 4.73. The van der Waals surface area contributed by atoms with E-state index >= 15 is 0 Å². The predicted octanol–water partition coefficient (Wildman–Crippen LogP) is 4.72. The number of carboxylic acids is 1. The highest BCUT2D eigenvalue weighted by atomic mass is 19.4. The molecule has 0 amide bonds. The van der Waals surface area contributed by atoms with Gasteiger partial charge in [-0.05, 0) is 43.2 Å². The van der Waals surface area contributed by atoms with Gasteiger partial charge in [-0.3, -0.25) is 4.99 Å². The number of carbonyl (C=O) groups is 1. The Hall–Kier alpha value is -3.49. The first kappa shape index (κ1) is 21.2. The van der Waals surface area contributed by atoms with Crippen LogP contribution in [0.25, 0.3) is 5.70 Å². The Balaban J connectivity index is 2.04. The van der Waals surface area contributed by atoms with Crippen molar-refractivity contribution in [3.05, 3.63) is 77.2 Å². The molecule has 1 aliphatic carbocycles. The molecule has 1 heterocycles. The largest absolute Gasteiger partial charge is 0.477 e. The van der Waals surface area contributed by atoms with E-state index in [1.54, 1.807) is 6.07 Å². The Morgan fingerprint density at radius 3 is 2.63 bits per heavy atom. The molecule has 1 aromatic carbocycles. The summed E-state index contributed by atoms with van der Waals surface area (Å²) in [5.74, 6) is -1.79. The van der Waals surface area contributed by atoms with Gasteiger partial charge in [0.05, 0.1) is 17.0 Å². The number of hydrazone groups is 1. The van der Waals surface area contributed by atoms with Gasteiger partial charge in [0.1, 0.15) is 18.2 Å². The average Bonchev–Trinajstić information content (AvgIpc) is 2.95. The lowest BCUT2D eigenvalue weighted by molar-refractivity contribution is -0.129. The van der Waals surface area contributed by atoms with Crippen LogP contribution in [-0.4, -0.2) is 40.4 Å². The van der Waals surface area contributed by atoms with Gasteiger partial charge in [0.15, 0.2) is 0 Å². The molecule has 1 aromatic rings. The number of aliphatic imine (C=N–C) groups is 1. The molecule has 1 aliphatic heterocycles. The standard InChI is InChI=1S/C21H17F4N3O2/c1-13(20(29)30)27-28-12-26-18(11-19(28)16-7-2-3-8-17(16)22)14-5-4-6-15(10-9-14)21(23,24)25/h2-4,6-11H,5,12H2,1H3,(H,29,30)/b27-13+. The van der Waals surface area contributed by atoms with Gasteiger partial charge in [0, 0.05) is 5.56 Å². The van der Waals surface area contributed by atoms with E-state index < -0.39 is 23.5 Å². The minimum atomic E-state index is -4.47. The molecule has 0 unspecified atom stereocenters. The first-order valence-electron chi connectivity index (χ1n) is 8.89. The van der Waals surface area contributed by atoms with E-state index in [0.29, 0.717) is 11.3 Å². The number of benzene rings is 1. The van der Waals surface area contributed by atoms with Crippen molar-refractivity contribution in [3.63, 3.8) is 0 Å². The van der Waals surface area contributed by atoms with Crippen LogP contribution in [0.1, 0.15) is 18.9 Å². The summed E-state index contributed by atoms with van der Waals surface area (Å²) >= 11 is 0. The van der Waals surface area contributed by atoms with Crippen molar-refractivity contribution < 1.29 is 27.5 Å². The van der Waals surface area contributed by atoms with Crippen LogP contribution in [0, 0.1) is 5.82 Å². The van der Waals surface area contributed by atoms with Gasteiger partial charge in [0.25, 0.3) is 0 Å². The number of rotatable bonds is 4. The molecule has 0 atom stereocenters. The van der Waals surface area contributed by atoms with Crippen LogP contribution in [0.15, 0.2) is 75.9 Å². The molecule has 2 aliphatic rings. The molecular formula is C21H17F4N3O2. The highest BCUT2D eigenvalue weighted by Crippen LogP contribution is 2.31. The number of alkyl halides is 3. The summed E-state index contributed by atoms with van der Waals surface area (Å²) < 4.78 is 53.3. The topological polar surface area (TPSA) is 65.3 Å². The second-order valence-electron chi connectivity index (χ2n) is 6.50. The summed E-state index contributed by atoms with van der Waals surface area (Å²) in [7, 11) is 0. The molecule has 3 rings (SSSR count). The Bertz CT molecular complexity index is 1050. The van der Waals surface area contributed by atoms with Gasteiger partial charge >= 0.3 is 12.1 Å². The predicted molar refractivity (Wildman–Crippen MR) is 105 cm³/mol. The van der Waals surface area contributed by atoms with Gasteiger partial charge in [-0.1, -0.05) is 30.4 Å². The zero-order chi connectivity index (χ0) is 21.9. The summed E-state index contributed by atoms with van der Waals surface area (Å²) in [6, 6.07) is 5.88. The van der Waals surface area contributed by atoms with Crippen LogP contribution in [0.4, 0.5) is 17.6 Å². The third-order valence-corrected chi connectivity index (χ3v) is 4.41. The first-order valence-corrected chi connectivity index (χ1v) is 8.89. The highest BCUT2D eigenvalue weighted by molar-refractivity contribution is 6.34. The van der Waals surface area contributed by atoms with E-state index in [9.17, 15) is 22.4 Å². The number of halogens is 4. The highest BCUT2D eigenvalue weighted by Gasteiger charge is 2.32. The Kier molecular flexibility index (Phi) is 6.00. The summed E-state index contributed by atoms with van der Waals surface area (Å²) in [5, 5.41) is 14.3. The number of hydrogen-bond acceptors (Lipinski definition) is 4.